The van der Waals surface area contributed by atoms with Crippen LogP contribution in [0.15, 0.2) is 30.7 Å². The van der Waals surface area contributed by atoms with Gasteiger partial charge in [-0.3, -0.25) is 10.1 Å². The van der Waals surface area contributed by atoms with Gasteiger partial charge in [-0.2, -0.15) is 4.37 Å². The third-order valence-corrected chi connectivity index (χ3v) is 5.04. The number of hydrogen-bond acceptors (Lipinski definition) is 6. The molecule has 0 spiro atoms. The molecular weight excluding hydrogens is 411 g/mol. The number of amides is 3. The molecule has 0 fully saturated rings. The van der Waals surface area contributed by atoms with Crippen LogP contribution in [0, 0.1) is 12.7 Å². The number of nitrogens with two attached hydrogens (primary N) is 1. The van der Waals surface area contributed by atoms with Crippen molar-refractivity contribution in [1.29, 1.82) is 0 Å². The van der Waals surface area contributed by atoms with Crippen LogP contribution in [0.4, 0.5) is 14.2 Å². The van der Waals surface area contributed by atoms with E-state index in [1.54, 1.807) is 31.6 Å². The van der Waals surface area contributed by atoms with Crippen molar-refractivity contribution in [2.24, 2.45) is 12.8 Å². The van der Waals surface area contributed by atoms with Crippen molar-refractivity contribution in [1.82, 2.24) is 19.2 Å². The second kappa shape index (κ2) is 9.35. The average Bonchev–Trinajstić information content (AvgIpc) is 3.27. The maximum atomic E-state index is 14.0. The number of nitrogens with zero attached hydrogens (tertiary/aromatic N) is 3. The summed E-state index contributed by atoms with van der Waals surface area (Å²) in [6, 6.07) is 4.22. The monoisotopic (exact) mass is 432 g/mol. The normalized spacial score (nSPS) is 10.6. The Morgan fingerprint density at radius 2 is 2.17 bits per heavy atom. The maximum Gasteiger partial charge on any atom is 0.319 e. The summed E-state index contributed by atoms with van der Waals surface area (Å²) in [6.07, 6.45) is 3.98. The molecule has 11 heteroatoms. The molecule has 158 valence electrons. The summed E-state index contributed by atoms with van der Waals surface area (Å²) in [4.78, 5) is 28.0. The molecule has 0 bridgehead atoms. The molecule has 0 unspecified atom stereocenters. The minimum Gasteiger partial charge on any atom is -0.471 e. The van der Waals surface area contributed by atoms with Crippen molar-refractivity contribution in [2.45, 2.75) is 20.0 Å². The van der Waals surface area contributed by atoms with Crippen molar-refractivity contribution in [3.8, 4) is 5.88 Å². The second-order valence-corrected chi connectivity index (χ2v) is 7.34. The maximum absolute atomic E-state index is 14.0. The fraction of sp³-hybridized carbons (Fsp3) is 0.263. The van der Waals surface area contributed by atoms with Crippen LogP contribution in [0.5, 0.6) is 5.88 Å². The molecule has 1 aromatic carbocycles. The van der Waals surface area contributed by atoms with Gasteiger partial charge in [-0.15, -0.1) is 0 Å². The third kappa shape index (κ3) is 5.11. The number of aromatic nitrogens is 3. The number of rotatable bonds is 8. The highest BCUT2D eigenvalue weighted by Gasteiger charge is 2.22. The molecule has 0 aliphatic carbocycles. The lowest BCUT2D eigenvalue weighted by Gasteiger charge is -2.08. The minimum atomic E-state index is -0.812. The van der Waals surface area contributed by atoms with E-state index in [0.29, 0.717) is 18.5 Å². The summed E-state index contributed by atoms with van der Waals surface area (Å²) in [7, 11) is 1.86. The number of anilines is 1. The highest BCUT2D eigenvalue weighted by atomic mass is 32.1. The Bertz CT molecular complexity index is 1060. The summed E-state index contributed by atoms with van der Waals surface area (Å²) >= 11 is 0.853. The van der Waals surface area contributed by atoms with Gasteiger partial charge >= 0.3 is 6.03 Å². The second-order valence-electron chi connectivity index (χ2n) is 6.57. The van der Waals surface area contributed by atoms with Crippen LogP contribution >= 0.6 is 11.5 Å². The average molecular weight is 432 g/mol. The van der Waals surface area contributed by atoms with Crippen LogP contribution in [0.25, 0.3) is 0 Å². The minimum absolute atomic E-state index is 0.0577. The van der Waals surface area contributed by atoms with E-state index in [9.17, 15) is 14.0 Å². The molecular formula is C19H21FN6O3S. The van der Waals surface area contributed by atoms with Crippen molar-refractivity contribution >= 4 is 28.5 Å². The first-order chi connectivity index (χ1) is 14.3. The Labute approximate surface area is 176 Å². The van der Waals surface area contributed by atoms with Crippen LogP contribution in [0.2, 0.25) is 0 Å². The molecule has 0 saturated carbocycles. The number of carbonyl (C=O) groups is 2. The molecule has 0 aliphatic heterocycles. The molecule has 4 N–H and O–H groups in total. The number of nitrogens with one attached hydrogen (secondary N) is 2. The molecule has 9 nitrogen and oxygen atoms in total. The fourth-order valence-corrected chi connectivity index (χ4v) is 3.40. The molecule has 0 radical (unpaired) electrons. The van der Waals surface area contributed by atoms with Gasteiger partial charge in [-0.1, -0.05) is 12.1 Å². The molecule has 3 aromatic rings. The largest absolute Gasteiger partial charge is 0.471 e. The number of hydrogen-bond donors (Lipinski definition) is 3. The zero-order valence-corrected chi connectivity index (χ0v) is 17.3. The zero-order chi connectivity index (χ0) is 21.7. The number of primary amides is 1. The summed E-state index contributed by atoms with van der Waals surface area (Å²) in [5, 5.41) is 5.39. The molecule has 2 aromatic heterocycles. The molecule has 0 atom stereocenters. The van der Waals surface area contributed by atoms with Gasteiger partial charge in [0.25, 0.3) is 5.91 Å². The Hall–Kier alpha value is -3.47. The van der Waals surface area contributed by atoms with Crippen LogP contribution in [-0.4, -0.2) is 32.4 Å². The van der Waals surface area contributed by atoms with Gasteiger partial charge in [0.05, 0.1) is 6.33 Å². The highest BCUT2D eigenvalue weighted by Crippen LogP contribution is 2.30. The molecule has 2 heterocycles. The number of aryl methyl sites for hydroxylation is 2. The van der Waals surface area contributed by atoms with Gasteiger partial charge in [-0.25, -0.2) is 14.2 Å². The molecule has 3 rings (SSSR count). The first-order valence-electron chi connectivity index (χ1n) is 9.02. The van der Waals surface area contributed by atoms with Gasteiger partial charge in [0.1, 0.15) is 23.0 Å². The van der Waals surface area contributed by atoms with E-state index < -0.39 is 17.8 Å². The standard InChI is InChI=1S/C19H21FN6O3S/c1-11-3-4-12(14(20)7-11)9-29-17-15(16(21)27)18(30-25-17)24-19(28)23-6-5-13-8-22-10-26(13)2/h3-4,7-8,10H,5-6,9H2,1-2H3,(H2,21,27)(H2,23,24,28). The Morgan fingerprint density at radius 3 is 2.83 bits per heavy atom. The van der Waals surface area contributed by atoms with Crippen molar-refractivity contribution in [2.75, 3.05) is 11.9 Å². The number of benzene rings is 1. The summed E-state index contributed by atoms with van der Waals surface area (Å²) in [5.74, 6) is -1.29. The van der Waals surface area contributed by atoms with Crippen LogP contribution in [0.1, 0.15) is 27.2 Å². The van der Waals surface area contributed by atoms with E-state index in [-0.39, 0.29) is 23.1 Å². The summed E-state index contributed by atoms with van der Waals surface area (Å²) in [5.41, 5.74) is 7.42. The number of imidazole rings is 1. The van der Waals surface area contributed by atoms with E-state index in [0.717, 1.165) is 22.8 Å². The van der Waals surface area contributed by atoms with Gasteiger partial charge in [-0.05, 0) is 30.1 Å². The fourth-order valence-electron chi connectivity index (χ4n) is 2.67. The summed E-state index contributed by atoms with van der Waals surface area (Å²) < 4.78 is 25.3. The zero-order valence-electron chi connectivity index (χ0n) is 16.4. The Morgan fingerprint density at radius 1 is 1.37 bits per heavy atom. The number of halogens is 1. The lowest BCUT2D eigenvalue weighted by Crippen LogP contribution is -2.31. The van der Waals surface area contributed by atoms with E-state index in [1.165, 1.54) is 6.07 Å². The van der Waals surface area contributed by atoms with E-state index in [2.05, 4.69) is 20.0 Å². The van der Waals surface area contributed by atoms with Crippen molar-refractivity contribution < 1.29 is 18.7 Å². The highest BCUT2D eigenvalue weighted by molar-refractivity contribution is 7.11. The van der Waals surface area contributed by atoms with E-state index in [4.69, 9.17) is 10.5 Å². The lowest BCUT2D eigenvalue weighted by atomic mass is 10.1. The smallest absolute Gasteiger partial charge is 0.319 e. The molecule has 30 heavy (non-hydrogen) atoms. The first-order valence-corrected chi connectivity index (χ1v) is 9.80. The van der Waals surface area contributed by atoms with Crippen molar-refractivity contribution in [3.63, 3.8) is 0 Å². The Kier molecular flexibility index (Phi) is 6.62. The SMILES string of the molecule is Cc1ccc(COc2nsc(NC(=O)NCCc3cncn3C)c2C(N)=O)c(F)c1. The molecule has 3 amide bonds. The Balaban J connectivity index is 1.61. The van der Waals surface area contributed by atoms with Crippen LogP contribution in [-0.2, 0) is 20.1 Å². The molecule has 0 saturated heterocycles. The summed E-state index contributed by atoms with van der Waals surface area (Å²) in [6.45, 7) is 2.01. The number of urea groups is 1. The number of carbonyl (C=O) groups excluding carboxylic acids is 2. The van der Waals surface area contributed by atoms with Gasteiger partial charge in [0.15, 0.2) is 0 Å². The van der Waals surface area contributed by atoms with Crippen molar-refractivity contribution in [3.05, 3.63) is 58.9 Å². The van der Waals surface area contributed by atoms with Crippen LogP contribution in [0.3, 0.4) is 0 Å². The molecule has 0 aliphatic rings. The predicted molar refractivity (Wildman–Crippen MR) is 110 cm³/mol. The topological polar surface area (TPSA) is 124 Å². The first kappa shape index (κ1) is 21.2. The predicted octanol–water partition coefficient (Wildman–Crippen LogP) is 2.37. The van der Waals surface area contributed by atoms with Gasteiger partial charge < -0.3 is 20.4 Å². The van der Waals surface area contributed by atoms with Crippen LogP contribution < -0.4 is 21.1 Å². The van der Waals surface area contributed by atoms with E-state index >= 15 is 0 Å². The third-order valence-electron chi connectivity index (χ3n) is 4.29. The quantitative estimate of drug-likeness (QED) is 0.504. The lowest BCUT2D eigenvalue weighted by molar-refractivity contribution is 0.0996. The number of ether oxygens (including phenoxy) is 1. The van der Waals surface area contributed by atoms with E-state index in [1.807, 2.05) is 11.6 Å². The van der Waals surface area contributed by atoms with Gasteiger partial charge in [0.2, 0.25) is 5.88 Å². The van der Waals surface area contributed by atoms with Gasteiger partial charge in [0, 0.05) is 37.5 Å².